The Morgan fingerprint density at radius 3 is 1.60 bits per heavy atom. The SMILES string of the molecule is c1ccc(-c2cc(-c3ccc4c(c3)C3(c5cc(-c6ccc(-c7cccc8ncccc78)cc6)ccc5O4)c4ccccc4-c4ccccc43)nc(-c3ccccc3)n2)cc1. The van der Waals surface area contributed by atoms with Gasteiger partial charge in [0.1, 0.15) is 11.5 Å². The molecule has 280 valence electrons. The summed E-state index contributed by atoms with van der Waals surface area (Å²) < 4.78 is 6.94. The van der Waals surface area contributed by atoms with E-state index < -0.39 is 5.41 Å². The maximum atomic E-state index is 6.94. The number of aromatic nitrogens is 3. The molecule has 2 aromatic heterocycles. The van der Waals surface area contributed by atoms with Crippen LogP contribution in [-0.4, -0.2) is 15.0 Å². The highest BCUT2D eigenvalue weighted by atomic mass is 16.5. The van der Waals surface area contributed by atoms with Crippen LogP contribution in [0.3, 0.4) is 0 Å². The molecule has 4 heteroatoms. The van der Waals surface area contributed by atoms with Gasteiger partial charge in [-0.2, -0.15) is 0 Å². The third-order valence-electron chi connectivity index (χ3n) is 12.2. The number of ether oxygens (including phenoxy) is 1. The van der Waals surface area contributed by atoms with Crippen molar-refractivity contribution >= 4 is 10.9 Å². The highest BCUT2D eigenvalue weighted by Gasteiger charge is 2.51. The number of hydrogen-bond acceptors (Lipinski definition) is 4. The molecule has 1 aliphatic heterocycles. The Morgan fingerprint density at radius 1 is 0.350 bits per heavy atom. The van der Waals surface area contributed by atoms with Crippen molar-refractivity contribution in [3.63, 3.8) is 0 Å². The number of pyridine rings is 1. The lowest BCUT2D eigenvalue weighted by Gasteiger charge is -2.40. The van der Waals surface area contributed by atoms with E-state index in [0.29, 0.717) is 5.82 Å². The zero-order chi connectivity index (χ0) is 39.6. The van der Waals surface area contributed by atoms with E-state index in [9.17, 15) is 0 Å². The molecule has 0 bridgehead atoms. The Morgan fingerprint density at radius 2 is 0.900 bits per heavy atom. The van der Waals surface area contributed by atoms with Crippen LogP contribution < -0.4 is 4.74 Å². The van der Waals surface area contributed by atoms with Crippen molar-refractivity contribution < 1.29 is 4.74 Å². The Bertz CT molecular complexity index is 3180. The van der Waals surface area contributed by atoms with Gasteiger partial charge in [0.05, 0.1) is 22.3 Å². The predicted octanol–water partition coefficient (Wildman–Crippen LogP) is 13.8. The second kappa shape index (κ2) is 13.6. The lowest BCUT2D eigenvalue weighted by Crippen LogP contribution is -2.32. The van der Waals surface area contributed by atoms with Crippen LogP contribution >= 0.6 is 0 Å². The summed E-state index contributed by atoms with van der Waals surface area (Å²) in [6.07, 6.45) is 1.85. The summed E-state index contributed by atoms with van der Waals surface area (Å²) in [5, 5.41) is 1.15. The van der Waals surface area contributed by atoms with E-state index in [1.165, 1.54) is 27.8 Å². The molecule has 2 aliphatic rings. The van der Waals surface area contributed by atoms with Gasteiger partial charge in [-0.05, 0) is 93.0 Å². The van der Waals surface area contributed by atoms with Crippen LogP contribution in [0.15, 0.2) is 212 Å². The molecule has 0 atom stereocenters. The summed E-state index contributed by atoms with van der Waals surface area (Å²) in [6, 6.07) is 73.1. The Balaban J connectivity index is 1.05. The Hall–Kier alpha value is -7.95. The summed E-state index contributed by atoms with van der Waals surface area (Å²) in [5.41, 5.74) is 16.8. The first-order valence-electron chi connectivity index (χ1n) is 20.3. The molecule has 4 nitrogen and oxygen atoms in total. The quantitative estimate of drug-likeness (QED) is 0.175. The molecular formula is C56H35N3O. The minimum absolute atomic E-state index is 0.657. The van der Waals surface area contributed by atoms with Crippen LogP contribution in [0, 0.1) is 0 Å². The van der Waals surface area contributed by atoms with Crippen LogP contribution in [0.1, 0.15) is 22.3 Å². The molecule has 60 heavy (non-hydrogen) atoms. The van der Waals surface area contributed by atoms with Crippen LogP contribution in [0.2, 0.25) is 0 Å². The van der Waals surface area contributed by atoms with Gasteiger partial charge in [0.2, 0.25) is 0 Å². The largest absolute Gasteiger partial charge is 0.457 e. The topological polar surface area (TPSA) is 47.9 Å². The molecule has 12 rings (SSSR count). The van der Waals surface area contributed by atoms with Crippen molar-refractivity contribution in [1.29, 1.82) is 0 Å². The molecule has 0 amide bonds. The van der Waals surface area contributed by atoms with Crippen molar-refractivity contribution in [2.75, 3.05) is 0 Å². The van der Waals surface area contributed by atoms with Crippen LogP contribution in [0.25, 0.3) is 78.2 Å². The monoisotopic (exact) mass is 765 g/mol. The first-order valence-corrected chi connectivity index (χ1v) is 20.3. The smallest absolute Gasteiger partial charge is 0.160 e. The van der Waals surface area contributed by atoms with Crippen LogP contribution in [0.5, 0.6) is 11.5 Å². The number of nitrogens with zero attached hydrogens (tertiary/aromatic N) is 3. The summed E-state index contributed by atoms with van der Waals surface area (Å²) in [5.74, 6) is 2.37. The van der Waals surface area contributed by atoms with Gasteiger partial charge in [-0.15, -0.1) is 0 Å². The van der Waals surface area contributed by atoms with Gasteiger partial charge in [-0.1, -0.05) is 158 Å². The first kappa shape index (κ1) is 34.1. The van der Waals surface area contributed by atoms with Gasteiger partial charge in [0.15, 0.2) is 5.82 Å². The molecule has 0 N–H and O–H groups in total. The van der Waals surface area contributed by atoms with E-state index in [0.717, 1.165) is 78.3 Å². The highest BCUT2D eigenvalue weighted by Crippen LogP contribution is 2.62. The second-order valence-corrected chi connectivity index (χ2v) is 15.5. The molecule has 0 saturated carbocycles. The van der Waals surface area contributed by atoms with Gasteiger partial charge in [0, 0.05) is 39.4 Å². The maximum absolute atomic E-state index is 6.94. The maximum Gasteiger partial charge on any atom is 0.160 e. The average Bonchev–Trinajstić information content (AvgIpc) is 3.62. The number of benzene rings is 8. The molecule has 0 saturated heterocycles. The van der Waals surface area contributed by atoms with Crippen molar-refractivity contribution in [2.24, 2.45) is 0 Å². The minimum Gasteiger partial charge on any atom is -0.457 e. The highest BCUT2D eigenvalue weighted by molar-refractivity contribution is 5.95. The summed E-state index contributed by atoms with van der Waals surface area (Å²) in [7, 11) is 0. The van der Waals surface area contributed by atoms with E-state index in [4.69, 9.17) is 14.7 Å². The fourth-order valence-corrected chi connectivity index (χ4v) is 9.51. The molecular weight excluding hydrogens is 731 g/mol. The molecule has 0 unspecified atom stereocenters. The van der Waals surface area contributed by atoms with Gasteiger partial charge in [-0.25, -0.2) is 9.97 Å². The molecule has 8 aromatic carbocycles. The Kier molecular flexibility index (Phi) is 7.72. The van der Waals surface area contributed by atoms with E-state index >= 15 is 0 Å². The Labute approximate surface area is 348 Å². The van der Waals surface area contributed by atoms with Crippen molar-refractivity contribution in [3.8, 4) is 78.8 Å². The fraction of sp³-hybridized carbons (Fsp3) is 0.0179. The van der Waals surface area contributed by atoms with Crippen molar-refractivity contribution in [3.05, 3.63) is 235 Å². The third-order valence-corrected chi connectivity index (χ3v) is 12.2. The normalized spacial score (nSPS) is 12.9. The zero-order valence-electron chi connectivity index (χ0n) is 32.5. The summed E-state index contributed by atoms with van der Waals surface area (Å²) in [4.78, 5) is 14.9. The first-order chi connectivity index (χ1) is 29.7. The molecule has 3 heterocycles. The molecule has 10 aromatic rings. The fourth-order valence-electron chi connectivity index (χ4n) is 9.51. The summed E-state index contributed by atoms with van der Waals surface area (Å²) in [6.45, 7) is 0. The predicted molar refractivity (Wildman–Crippen MR) is 242 cm³/mol. The van der Waals surface area contributed by atoms with E-state index in [-0.39, 0.29) is 0 Å². The van der Waals surface area contributed by atoms with E-state index in [1.54, 1.807) is 0 Å². The molecule has 0 radical (unpaired) electrons. The number of rotatable bonds is 5. The number of fused-ring (bicyclic) bond motifs is 10. The standard InChI is InChI=1S/C56H35N3O/c1-3-13-38(14-4-1)51-35-52(59-55(58-51)39-15-5-2-6-16-39)41-29-31-54-49(34-41)56(46-21-9-7-17-43(46)44-18-8-10-22-47(44)56)48-33-40(28-30-53(48)60-54)36-24-26-37(27-25-36)42-19-11-23-50-45(42)20-12-32-57-50/h1-35H. The number of hydrogen-bond donors (Lipinski definition) is 0. The van der Waals surface area contributed by atoms with Crippen LogP contribution in [0.4, 0.5) is 0 Å². The minimum atomic E-state index is -0.657. The third kappa shape index (κ3) is 5.28. The van der Waals surface area contributed by atoms with E-state index in [2.05, 4.69) is 181 Å². The lowest BCUT2D eigenvalue weighted by molar-refractivity contribution is 0.436. The van der Waals surface area contributed by atoms with Crippen molar-refractivity contribution in [2.45, 2.75) is 5.41 Å². The average molecular weight is 766 g/mol. The molecule has 0 fully saturated rings. The van der Waals surface area contributed by atoms with Gasteiger partial charge in [0.25, 0.3) is 0 Å². The lowest BCUT2D eigenvalue weighted by atomic mass is 9.65. The van der Waals surface area contributed by atoms with Gasteiger partial charge >= 0.3 is 0 Å². The van der Waals surface area contributed by atoms with Gasteiger partial charge in [-0.3, -0.25) is 4.98 Å². The van der Waals surface area contributed by atoms with Crippen molar-refractivity contribution in [1.82, 2.24) is 15.0 Å². The molecule has 1 spiro atoms. The summed E-state index contributed by atoms with van der Waals surface area (Å²) >= 11 is 0. The second-order valence-electron chi connectivity index (χ2n) is 15.5. The molecule has 1 aliphatic carbocycles. The van der Waals surface area contributed by atoms with Crippen LogP contribution in [-0.2, 0) is 5.41 Å². The van der Waals surface area contributed by atoms with Gasteiger partial charge < -0.3 is 4.74 Å². The van der Waals surface area contributed by atoms with E-state index in [1.807, 2.05) is 36.5 Å². The zero-order valence-corrected chi connectivity index (χ0v) is 32.5.